The maximum absolute atomic E-state index is 14.3. The molecule has 0 spiro atoms. The van der Waals surface area contributed by atoms with Crippen LogP contribution in [0.2, 0.25) is 0 Å². The lowest BCUT2D eigenvalue weighted by molar-refractivity contribution is -0.142. The summed E-state index contributed by atoms with van der Waals surface area (Å²) in [7, 11) is 0. The van der Waals surface area contributed by atoms with Gasteiger partial charge in [0.2, 0.25) is 0 Å². The monoisotopic (exact) mass is 267 g/mol. The molecule has 3 rings (SSSR count). The molecule has 2 aliphatic rings. The van der Waals surface area contributed by atoms with Crippen LogP contribution in [0.25, 0.3) is 0 Å². The van der Waals surface area contributed by atoms with Crippen LogP contribution in [-0.2, 0) is 9.53 Å². The quantitative estimate of drug-likeness (QED) is 0.880. The standard InChI is InChI=1S/C12H14FN3O3/c13-9-10(8-2-1-3-19-8)14-6-15-11(9)16-4-7(5-16)12(17)18/h6-8H,1-5H2,(H,17,18). The van der Waals surface area contributed by atoms with Crippen molar-refractivity contribution in [1.82, 2.24) is 9.97 Å². The van der Waals surface area contributed by atoms with E-state index in [9.17, 15) is 9.18 Å². The molecule has 2 saturated heterocycles. The second kappa shape index (κ2) is 4.73. The van der Waals surface area contributed by atoms with Crippen molar-refractivity contribution < 1.29 is 19.0 Å². The Labute approximate surface area is 109 Å². The van der Waals surface area contributed by atoms with Crippen LogP contribution in [0, 0.1) is 11.7 Å². The zero-order chi connectivity index (χ0) is 13.4. The van der Waals surface area contributed by atoms with Crippen molar-refractivity contribution in [1.29, 1.82) is 0 Å². The average Bonchev–Trinajstić information content (AvgIpc) is 2.82. The lowest BCUT2D eigenvalue weighted by Crippen LogP contribution is -2.51. The molecule has 7 heteroatoms. The summed E-state index contributed by atoms with van der Waals surface area (Å²) in [6.45, 7) is 1.19. The van der Waals surface area contributed by atoms with E-state index in [0.717, 1.165) is 12.8 Å². The van der Waals surface area contributed by atoms with E-state index in [1.165, 1.54) is 6.33 Å². The summed E-state index contributed by atoms with van der Waals surface area (Å²) >= 11 is 0. The van der Waals surface area contributed by atoms with Gasteiger partial charge in [0.25, 0.3) is 0 Å². The van der Waals surface area contributed by atoms with E-state index < -0.39 is 17.7 Å². The number of halogens is 1. The molecule has 2 fully saturated rings. The number of aliphatic carboxylic acids is 1. The van der Waals surface area contributed by atoms with Crippen molar-refractivity contribution in [3.63, 3.8) is 0 Å². The molecule has 3 heterocycles. The molecule has 1 aromatic rings. The molecule has 1 atom stereocenters. The largest absolute Gasteiger partial charge is 0.481 e. The van der Waals surface area contributed by atoms with Crippen LogP contribution in [0.15, 0.2) is 6.33 Å². The summed E-state index contributed by atoms with van der Waals surface area (Å²) in [6, 6.07) is 0. The summed E-state index contributed by atoms with van der Waals surface area (Å²) in [5.41, 5.74) is 0.279. The number of carboxylic acids is 1. The number of carboxylic acid groups (broad SMARTS) is 1. The van der Waals surface area contributed by atoms with Crippen LogP contribution in [0.5, 0.6) is 0 Å². The van der Waals surface area contributed by atoms with Gasteiger partial charge in [-0.05, 0) is 12.8 Å². The first-order valence-electron chi connectivity index (χ1n) is 6.26. The number of rotatable bonds is 3. The molecule has 0 saturated carbocycles. The van der Waals surface area contributed by atoms with Crippen molar-refractivity contribution >= 4 is 11.8 Å². The highest BCUT2D eigenvalue weighted by atomic mass is 19.1. The molecule has 0 aromatic carbocycles. The normalized spacial score (nSPS) is 23.4. The second-order valence-electron chi connectivity index (χ2n) is 4.84. The molecule has 102 valence electrons. The Morgan fingerprint density at radius 3 is 2.89 bits per heavy atom. The molecule has 1 N–H and O–H groups in total. The highest BCUT2D eigenvalue weighted by molar-refractivity contribution is 5.74. The van der Waals surface area contributed by atoms with E-state index in [0.29, 0.717) is 6.61 Å². The van der Waals surface area contributed by atoms with Gasteiger partial charge in [0.05, 0.1) is 5.92 Å². The van der Waals surface area contributed by atoms with E-state index in [-0.39, 0.29) is 30.7 Å². The maximum Gasteiger partial charge on any atom is 0.310 e. The zero-order valence-electron chi connectivity index (χ0n) is 10.3. The predicted molar refractivity (Wildman–Crippen MR) is 63.3 cm³/mol. The second-order valence-corrected chi connectivity index (χ2v) is 4.84. The maximum atomic E-state index is 14.3. The summed E-state index contributed by atoms with van der Waals surface area (Å²) in [4.78, 5) is 20.2. The Hall–Kier alpha value is -1.76. The van der Waals surface area contributed by atoms with Gasteiger partial charge in [-0.1, -0.05) is 0 Å². The first-order chi connectivity index (χ1) is 9.16. The molecule has 2 aliphatic heterocycles. The fraction of sp³-hybridized carbons (Fsp3) is 0.583. The van der Waals surface area contributed by atoms with Crippen LogP contribution >= 0.6 is 0 Å². The summed E-state index contributed by atoms with van der Waals surface area (Å²) < 4.78 is 19.8. The van der Waals surface area contributed by atoms with Gasteiger partial charge < -0.3 is 14.7 Å². The topological polar surface area (TPSA) is 75.5 Å². The molecular formula is C12H14FN3O3. The summed E-state index contributed by atoms with van der Waals surface area (Å²) in [6.07, 6.45) is 2.65. The number of hydrogen-bond acceptors (Lipinski definition) is 5. The SMILES string of the molecule is O=C(O)C1CN(c2ncnc(C3CCCO3)c2F)C1. The molecule has 19 heavy (non-hydrogen) atoms. The van der Waals surface area contributed by atoms with E-state index in [2.05, 4.69) is 9.97 Å². The fourth-order valence-electron chi connectivity index (χ4n) is 2.42. The Bertz CT molecular complexity index is 499. The predicted octanol–water partition coefficient (Wildman–Crippen LogP) is 0.988. The lowest BCUT2D eigenvalue weighted by atomic mass is 10.0. The van der Waals surface area contributed by atoms with E-state index in [4.69, 9.17) is 9.84 Å². The Kier molecular flexibility index (Phi) is 3.06. The lowest BCUT2D eigenvalue weighted by Gasteiger charge is -2.37. The third kappa shape index (κ3) is 2.14. The molecule has 0 aliphatic carbocycles. The van der Waals surface area contributed by atoms with Crippen molar-refractivity contribution in [3.8, 4) is 0 Å². The Morgan fingerprint density at radius 2 is 2.26 bits per heavy atom. The van der Waals surface area contributed by atoms with Crippen molar-refractivity contribution in [3.05, 3.63) is 17.8 Å². The van der Waals surface area contributed by atoms with Gasteiger partial charge in [-0.25, -0.2) is 14.4 Å². The number of hydrogen-bond donors (Lipinski definition) is 1. The van der Waals surface area contributed by atoms with Gasteiger partial charge in [-0.15, -0.1) is 0 Å². The van der Waals surface area contributed by atoms with Crippen LogP contribution in [0.4, 0.5) is 10.2 Å². The molecule has 0 amide bonds. The van der Waals surface area contributed by atoms with Gasteiger partial charge in [0, 0.05) is 19.7 Å². The van der Waals surface area contributed by atoms with Crippen molar-refractivity contribution in [2.24, 2.45) is 5.92 Å². The minimum Gasteiger partial charge on any atom is -0.481 e. The first-order valence-corrected chi connectivity index (χ1v) is 6.26. The number of nitrogens with zero attached hydrogens (tertiary/aromatic N) is 3. The number of carbonyl (C=O) groups is 1. The molecule has 1 aromatic heterocycles. The van der Waals surface area contributed by atoms with Gasteiger partial charge >= 0.3 is 5.97 Å². The number of aromatic nitrogens is 2. The fourth-order valence-corrected chi connectivity index (χ4v) is 2.42. The van der Waals surface area contributed by atoms with Crippen molar-refractivity contribution in [2.75, 3.05) is 24.6 Å². The molecule has 6 nitrogen and oxygen atoms in total. The molecule has 0 bridgehead atoms. The van der Waals surface area contributed by atoms with Gasteiger partial charge in [-0.3, -0.25) is 4.79 Å². The van der Waals surface area contributed by atoms with Crippen LogP contribution in [0.1, 0.15) is 24.6 Å². The summed E-state index contributed by atoms with van der Waals surface area (Å²) in [5, 5.41) is 8.82. The third-order valence-electron chi connectivity index (χ3n) is 3.56. The molecule has 1 unspecified atom stereocenters. The first kappa shape index (κ1) is 12.3. The third-order valence-corrected chi connectivity index (χ3v) is 3.56. The van der Waals surface area contributed by atoms with Gasteiger partial charge in [0.15, 0.2) is 11.6 Å². The average molecular weight is 267 g/mol. The van der Waals surface area contributed by atoms with Crippen LogP contribution in [-0.4, -0.2) is 40.7 Å². The van der Waals surface area contributed by atoms with E-state index in [1.54, 1.807) is 4.90 Å². The van der Waals surface area contributed by atoms with Gasteiger partial charge in [0.1, 0.15) is 18.1 Å². The minimum absolute atomic E-state index is 0.179. The Morgan fingerprint density at radius 1 is 1.47 bits per heavy atom. The van der Waals surface area contributed by atoms with E-state index in [1.807, 2.05) is 0 Å². The van der Waals surface area contributed by atoms with Crippen LogP contribution < -0.4 is 4.90 Å². The van der Waals surface area contributed by atoms with Crippen molar-refractivity contribution in [2.45, 2.75) is 18.9 Å². The zero-order valence-corrected chi connectivity index (χ0v) is 10.3. The smallest absolute Gasteiger partial charge is 0.310 e. The summed E-state index contributed by atoms with van der Waals surface area (Å²) in [5.74, 6) is -1.61. The highest BCUT2D eigenvalue weighted by Crippen LogP contribution is 2.33. The Balaban J connectivity index is 1.79. The number of anilines is 1. The molecular weight excluding hydrogens is 253 g/mol. The number of ether oxygens (including phenoxy) is 1. The molecule has 0 radical (unpaired) electrons. The van der Waals surface area contributed by atoms with E-state index >= 15 is 0 Å². The van der Waals surface area contributed by atoms with Crippen LogP contribution in [0.3, 0.4) is 0 Å². The van der Waals surface area contributed by atoms with Gasteiger partial charge in [-0.2, -0.15) is 0 Å². The highest BCUT2D eigenvalue weighted by Gasteiger charge is 2.36. The minimum atomic E-state index is -0.856.